The van der Waals surface area contributed by atoms with Crippen molar-refractivity contribution in [3.8, 4) is 5.75 Å². The Morgan fingerprint density at radius 1 is 1.16 bits per heavy atom. The molecule has 4 amide bonds. The van der Waals surface area contributed by atoms with E-state index in [9.17, 15) is 18.0 Å². The van der Waals surface area contributed by atoms with E-state index in [4.69, 9.17) is 4.74 Å². The molecule has 25 heavy (non-hydrogen) atoms. The second-order valence-corrected chi connectivity index (χ2v) is 7.26. The Kier molecular flexibility index (Phi) is 8.20. The quantitative estimate of drug-likeness (QED) is 0.684. The predicted octanol–water partition coefficient (Wildman–Crippen LogP) is 2.78. The molecule has 0 saturated carbocycles. The molecule has 0 radical (unpaired) electrons. The fraction of sp³-hybridized carbons (Fsp3) is 0.500. The third-order valence-electron chi connectivity index (χ3n) is 3.25. The number of ether oxygens (including phenoxy) is 1. The summed E-state index contributed by atoms with van der Waals surface area (Å²) in [6, 6.07) is 4.93. The van der Waals surface area contributed by atoms with Crippen molar-refractivity contribution in [1.82, 2.24) is 9.62 Å². The molecule has 0 aromatic heterocycles. The van der Waals surface area contributed by atoms with Crippen LogP contribution in [0.5, 0.6) is 5.75 Å². The van der Waals surface area contributed by atoms with Crippen LogP contribution in [0.4, 0.5) is 15.3 Å². The summed E-state index contributed by atoms with van der Waals surface area (Å²) in [7, 11) is -3.76. The van der Waals surface area contributed by atoms with Gasteiger partial charge in [0.2, 0.25) is 10.0 Å². The van der Waals surface area contributed by atoms with Crippen molar-refractivity contribution in [2.24, 2.45) is 0 Å². The normalized spacial score (nSPS) is 10.8. The molecule has 1 rings (SSSR count). The molecule has 1 aromatic carbocycles. The van der Waals surface area contributed by atoms with Crippen LogP contribution in [0.25, 0.3) is 0 Å². The zero-order valence-electron chi connectivity index (χ0n) is 14.7. The van der Waals surface area contributed by atoms with E-state index in [1.807, 2.05) is 12.2 Å². The summed E-state index contributed by atoms with van der Waals surface area (Å²) in [5.41, 5.74) is 0.381. The number of hydrogen-bond donors (Lipinski definition) is 2. The third kappa shape index (κ3) is 7.00. The molecule has 0 bridgehead atoms. The highest BCUT2D eigenvalue weighted by atomic mass is 32.2. The molecule has 140 valence electrons. The lowest BCUT2D eigenvalue weighted by molar-refractivity contribution is 0.219. The van der Waals surface area contributed by atoms with Gasteiger partial charge in [0.05, 0.1) is 18.6 Å². The summed E-state index contributed by atoms with van der Waals surface area (Å²) >= 11 is 0. The molecule has 8 nitrogen and oxygen atoms in total. The SMILES string of the molecule is CCCCCN(C(=O)NC(=O)Nc1ccccc1OCC)S(C)(=O)=O. The largest absolute Gasteiger partial charge is 0.492 e. The van der Waals surface area contributed by atoms with Crippen molar-refractivity contribution in [3.63, 3.8) is 0 Å². The first-order valence-corrected chi connectivity index (χ1v) is 9.95. The van der Waals surface area contributed by atoms with Gasteiger partial charge in [-0.1, -0.05) is 31.9 Å². The highest BCUT2D eigenvalue weighted by Gasteiger charge is 2.24. The summed E-state index contributed by atoms with van der Waals surface area (Å²) in [5, 5.41) is 4.52. The van der Waals surface area contributed by atoms with Gasteiger partial charge in [-0.2, -0.15) is 0 Å². The molecule has 0 aliphatic carbocycles. The van der Waals surface area contributed by atoms with E-state index in [1.165, 1.54) is 0 Å². The first-order chi connectivity index (χ1) is 11.8. The van der Waals surface area contributed by atoms with E-state index in [0.29, 0.717) is 28.8 Å². The Morgan fingerprint density at radius 2 is 1.84 bits per heavy atom. The van der Waals surface area contributed by atoms with E-state index in [2.05, 4.69) is 5.32 Å². The Morgan fingerprint density at radius 3 is 2.44 bits per heavy atom. The standard InChI is InChI=1S/C16H25N3O5S/c1-4-6-9-12-19(25(3,22)23)16(21)18-15(20)17-13-10-7-8-11-14(13)24-5-2/h7-8,10-11H,4-6,9,12H2,1-3H3,(H2,17,18,20,21). The van der Waals surface area contributed by atoms with Crippen molar-refractivity contribution in [2.45, 2.75) is 33.1 Å². The third-order valence-corrected chi connectivity index (χ3v) is 4.40. The van der Waals surface area contributed by atoms with E-state index in [-0.39, 0.29) is 6.54 Å². The van der Waals surface area contributed by atoms with Crippen LogP contribution < -0.4 is 15.4 Å². The zero-order chi connectivity index (χ0) is 18.9. The van der Waals surface area contributed by atoms with Gasteiger partial charge in [-0.15, -0.1) is 0 Å². The van der Waals surface area contributed by atoms with Crippen LogP contribution in [-0.2, 0) is 10.0 Å². The van der Waals surface area contributed by atoms with Crippen LogP contribution in [0.3, 0.4) is 0 Å². The van der Waals surface area contributed by atoms with E-state index < -0.39 is 22.1 Å². The molecule has 0 heterocycles. The van der Waals surface area contributed by atoms with Gasteiger partial charge >= 0.3 is 12.1 Å². The number of sulfonamides is 1. The first kappa shape index (κ1) is 20.8. The number of rotatable bonds is 8. The molecule has 0 unspecified atom stereocenters. The van der Waals surface area contributed by atoms with Gasteiger partial charge in [0, 0.05) is 6.54 Å². The Bertz CT molecular complexity index is 691. The summed E-state index contributed by atoms with van der Waals surface area (Å²) in [6.07, 6.45) is 3.13. The summed E-state index contributed by atoms with van der Waals surface area (Å²) < 4.78 is 29.6. The minimum atomic E-state index is -3.76. The molecule has 1 aromatic rings. The fourth-order valence-corrected chi connectivity index (χ4v) is 2.90. The zero-order valence-corrected chi connectivity index (χ0v) is 15.6. The number of unbranched alkanes of at least 4 members (excludes halogenated alkanes) is 2. The predicted molar refractivity (Wildman–Crippen MR) is 96.2 cm³/mol. The number of para-hydroxylation sites is 2. The number of nitrogens with zero attached hydrogens (tertiary/aromatic N) is 1. The van der Waals surface area contributed by atoms with Gasteiger partial charge in [0.1, 0.15) is 5.75 Å². The topological polar surface area (TPSA) is 105 Å². The minimum Gasteiger partial charge on any atom is -0.492 e. The smallest absolute Gasteiger partial charge is 0.339 e. The number of carbonyl (C=O) groups excluding carboxylic acids is 2. The van der Waals surface area contributed by atoms with Gasteiger partial charge in [-0.3, -0.25) is 5.32 Å². The van der Waals surface area contributed by atoms with E-state index >= 15 is 0 Å². The van der Waals surface area contributed by atoms with Crippen molar-refractivity contribution in [1.29, 1.82) is 0 Å². The average molecular weight is 371 g/mol. The number of carbonyl (C=O) groups is 2. The molecule has 0 aliphatic heterocycles. The lowest BCUT2D eigenvalue weighted by Crippen LogP contribution is -2.47. The maximum atomic E-state index is 12.1. The number of urea groups is 2. The average Bonchev–Trinajstić information content (AvgIpc) is 2.52. The molecule has 0 spiro atoms. The lowest BCUT2D eigenvalue weighted by Gasteiger charge is -2.20. The number of anilines is 1. The molecular weight excluding hydrogens is 346 g/mol. The molecule has 0 atom stereocenters. The Balaban J connectivity index is 2.75. The Hall–Kier alpha value is -2.29. The number of hydrogen-bond acceptors (Lipinski definition) is 5. The van der Waals surface area contributed by atoms with Crippen LogP contribution in [0.15, 0.2) is 24.3 Å². The molecule has 0 saturated heterocycles. The first-order valence-electron chi connectivity index (χ1n) is 8.11. The summed E-state index contributed by atoms with van der Waals surface area (Å²) in [5.74, 6) is 0.454. The molecular formula is C16H25N3O5S. The van der Waals surface area contributed by atoms with Gasteiger partial charge in [0.15, 0.2) is 0 Å². The Labute approximate surface area is 148 Å². The highest BCUT2D eigenvalue weighted by molar-refractivity contribution is 7.88. The van der Waals surface area contributed by atoms with Crippen LogP contribution in [0.1, 0.15) is 33.1 Å². The maximum absolute atomic E-state index is 12.1. The van der Waals surface area contributed by atoms with Crippen molar-refractivity contribution in [3.05, 3.63) is 24.3 Å². The number of benzene rings is 1. The van der Waals surface area contributed by atoms with Crippen molar-refractivity contribution in [2.75, 3.05) is 24.7 Å². The summed E-state index contributed by atoms with van der Waals surface area (Å²) in [6.45, 7) is 4.22. The van der Waals surface area contributed by atoms with Crippen molar-refractivity contribution < 1.29 is 22.7 Å². The second kappa shape index (κ2) is 9.87. The molecule has 2 N–H and O–H groups in total. The maximum Gasteiger partial charge on any atom is 0.339 e. The van der Waals surface area contributed by atoms with Crippen molar-refractivity contribution >= 4 is 27.8 Å². The molecule has 0 aliphatic rings. The van der Waals surface area contributed by atoms with Gasteiger partial charge in [0.25, 0.3) is 0 Å². The lowest BCUT2D eigenvalue weighted by atomic mass is 10.2. The van der Waals surface area contributed by atoms with Crippen LogP contribution >= 0.6 is 0 Å². The number of imide groups is 1. The van der Waals surface area contributed by atoms with E-state index in [1.54, 1.807) is 31.2 Å². The molecule has 9 heteroatoms. The van der Waals surface area contributed by atoms with E-state index in [0.717, 1.165) is 19.1 Å². The molecule has 0 fully saturated rings. The monoisotopic (exact) mass is 371 g/mol. The number of amides is 4. The second-order valence-electron chi connectivity index (χ2n) is 5.36. The van der Waals surface area contributed by atoms with Gasteiger partial charge in [-0.05, 0) is 25.5 Å². The highest BCUT2D eigenvalue weighted by Crippen LogP contribution is 2.23. The minimum absolute atomic E-state index is 0.0291. The van der Waals surface area contributed by atoms with Crippen LogP contribution in [-0.4, -0.2) is 44.2 Å². The summed E-state index contributed by atoms with van der Waals surface area (Å²) in [4.78, 5) is 24.2. The fourth-order valence-electron chi connectivity index (χ4n) is 2.09. The van der Waals surface area contributed by atoms with Gasteiger partial charge in [-0.25, -0.2) is 22.3 Å². The van der Waals surface area contributed by atoms with Crippen LogP contribution in [0.2, 0.25) is 0 Å². The van der Waals surface area contributed by atoms with Crippen LogP contribution in [0, 0.1) is 0 Å². The van der Waals surface area contributed by atoms with Gasteiger partial charge < -0.3 is 10.1 Å². The number of nitrogens with one attached hydrogen (secondary N) is 2.